The van der Waals surface area contributed by atoms with Gasteiger partial charge in [-0.1, -0.05) is 6.58 Å². The Morgan fingerprint density at radius 2 is 2.05 bits per heavy atom. The Labute approximate surface area is 112 Å². The summed E-state index contributed by atoms with van der Waals surface area (Å²) in [6, 6.07) is 0. The van der Waals surface area contributed by atoms with Gasteiger partial charge < -0.3 is 14.2 Å². The highest BCUT2D eigenvalue weighted by Crippen LogP contribution is 2.49. The summed E-state index contributed by atoms with van der Waals surface area (Å²) in [5.41, 5.74) is 0.345. The standard InChI is InChI=1S/C14H20O5/c1-9(2)12(15)17-6-7-18-13(16)10-4-5-14(3)11(8-10)19-14/h10-11H,1,4-8H2,2-3H3. The maximum Gasteiger partial charge on any atom is 0.333 e. The zero-order valence-corrected chi connectivity index (χ0v) is 11.4. The third-order valence-corrected chi connectivity index (χ3v) is 3.77. The van der Waals surface area contributed by atoms with Crippen molar-refractivity contribution in [3.05, 3.63) is 12.2 Å². The van der Waals surface area contributed by atoms with Crippen LogP contribution in [0.1, 0.15) is 33.1 Å². The maximum absolute atomic E-state index is 11.8. The van der Waals surface area contributed by atoms with Crippen molar-refractivity contribution in [2.24, 2.45) is 5.92 Å². The molecular weight excluding hydrogens is 248 g/mol. The molecule has 0 spiro atoms. The second kappa shape index (κ2) is 5.33. The summed E-state index contributed by atoms with van der Waals surface area (Å²) in [6.07, 6.45) is 2.65. The Balaban J connectivity index is 1.62. The van der Waals surface area contributed by atoms with Crippen LogP contribution in [0.4, 0.5) is 0 Å². The second-order valence-electron chi connectivity index (χ2n) is 5.47. The quantitative estimate of drug-likeness (QED) is 0.328. The molecule has 19 heavy (non-hydrogen) atoms. The number of rotatable bonds is 5. The first-order valence-electron chi connectivity index (χ1n) is 6.59. The van der Waals surface area contributed by atoms with E-state index in [4.69, 9.17) is 14.2 Å². The first-order valence-corrected chi connectivity index (χ1v) is 6.59. The molecule has 1 heterocycles. The minimum atomic E-state index is -0.462. The highest BCUT2D eigenvalue weighted by atomic mass is 16.6. The largest absolute Gasteiger partial charge is 0.462 e. The van der Waals surface area contributed by atoms with Crippen LogP contribution in [-0.2, 0) is 23.8 Å². The van der Waals surface area contributed by atoms with E-state index in [1.165, 1.54) is 0 Å². The summed E-state index contributed by atoms with van der Waals surface area (Å²) in [7, 11) is 0. The predicted octanol–water partition coefficient (Wildman–Crippen LogP) is 1.61. The molecule has 0 amide bonds. The van der Waals surface area contributed by atoms with Gasteiger partial charge in [0.15, 0.2) is 0 Å². The van der Waals surface area contributed by atoms with Crippen LogP contribution in [-0.4, -0.2) is 36.9 Å². The smallest absolute Gasteiger partial charge is 0.333 e. The van der Waals surface area contributed by atoms with Crippen molar-refractivity contribution in [1.82, 2.24) is 0 Å². The summed E-state index contributed by atoms with van der Waals surface area (Å²) >= 11 is 0. The van der Waals surface area contributed by atoms with Crippen LogP contribution in [0.25, 0.3) is 0 Å². The summed E-state index contributed by atoms with van der Waals surface area (Å²) in [6.45, 7) is 7.28. The first kappa shape index (κ1) is 14.1. The van der Waals surface area contributed by atoms with Gasteiger partial charge in [-0.05, 0) is 33.1 Å². The Hall–Kier alpha value is -1.36. The molecule has 1 aliphatic carbocycles. The highest BCUT2D eigenvalue weighted by molar-refractivity contribution is 5.86. The third kappa shape index (κ3) is 3.35. The van der Waals surface area contributed by atoms with E-state index in [-0.39, 0.29) is 36.8 Å². The lowest BCUT2D eigenvalue weighted by Gasteiger charge is -2.20. The minimum Gasteiger partial charge on any atom is -0.462 e. The molecule has 2 rings (SSSR count). The Bertz CT molecular complexity index is 403. The molecule has 1 saturated carbocycles. The lowest BCUT2D eigenvalue weighted by molar-refractivity contribution is -0.154. The maximum atomic E-state index is 11.8. The van der Waals surface area contributed by atoms with Gasteiger partial charge in [0.1, 0.15) is 13.2 Å². The number of carbonyl (C=O) groups excluding carboxylic acids is 2. The number of hydrogen-bond acceptors (Lipinski definition) is 5. The number of epoxide rings is 1. The molecule has 0 aromatic carbocycles. The van der Waals surface area contributed by atoms with Gasteiger partial charge in [0, 0.05) is 5.57 Å². The van der Waals surface area contributed by atoms with E-state index in [0.717, 1.165) is 19.3 Å². The van der Waals surface area contributed by atoms with Gasteiger partial charge in [-0.3, -0.25) is 4.79 Å². The number of esters is 2. The zero-order chi connectivity index (χ0) is 14.0. The van der Waals surface area contributed by atoms with E-state index in [1.807, 2.05) is 0 Å². The van der Waals surface area contributed by atoms with Crippen LogP contribution in [0.5, 0.6) is 0 Å². The molecule has 5 heteroatoms. The van der Waals surface area contributed by atoms with Crippen molar-refractivity contribution >= 4 is 11.9 Å². The average Bonchev–Trinajstić information content (AvgIpc) is 3.04. The zero-order valence-electron chi connectivity index (χ0n) is 11.4. The van der Waals surface area contributed by atoms with Crippen molar-refractivity contribution in [3.63, 3.8) is 0 Å². The lowest BCUT2D eigenvalue weighted by atomic mass is 9.83. The molecule has 3 atom stereocenters. The Kier molecular flexibility index (Phi) is 3.94. The number of ether oxygens (including phenoxy) is 3. The normalized spacial score (nSPS) is 32.1. The molecule has 1 saturated heterocycles. The van der Waals surface area contributed by atoms with Crippen LogP contribution >= 0.6 is 0 Å². The van der Waals surface area contributed by atoms with Crippen molar-refractivity contribution in [2.45, 2.75) is 44.8 Å². The highest BCUT2D eigenvalue weighted by Gasteiger charge is 2.56. The van der Waals surface area contributed by atoms with Crippen LogP contribution in [0, 0.1) is 5.92 Å². The van der Waals surface area contributed by atoms with E-state index in [2.05, 4.69) is 13.5 Å². The summed E-state index contributed by atoms with van der Waals surface area (Å²) in [5, 5.41) is 0. The number of fused-ring (bicyclic) bond motifs is 1. The lowest BCUT2D eigenvalue weighted by Crippen LogP contribution is -2.28. The van der Waals surface area contributed by atoms with Crippen molar-refractivity contribution < 1.29 is 23.8 Å². The van der Waals surface area contributed by atoms with Gasteiger partial charge >= 0.3 is 11.9 Å². The van der Waals surface area contributed by atoms with Crippen LogP contribution < -0.4 is 0 Å². The fraction of sp³-hybridized carbons (Fsp3) is 0.714. The topological polar surface area (TPSA) is 65.1 Å². The molecule has 0 aromatic rings. The fourth-order valence-corrected chi connectivity index (χ4v) is 2.38. The van der Waals surface area contributed by atoms with E-state index >= 15 is 0 Å². The van der Waals surface area contributed by atoms with Gasteiger partial charge in [-0.25, -0.2) is 4.79 Å². The van der Waals surface area contributed by atoms with Gasteiger partial charge in [0.2, 0.25) is 0 Å². The van der Waals surface area contributed by atoms with Crippen molar-refractivity contribution in [3.8, 4) is 0 Å². The molecule has 3 unspecified atom stereocenters. The van der Waals surface area contributed by atoms with Crippen molar-refractivity contribution in [2.75, 3.05) is 13.2 Å². The van der Waals surface area contributed by atoms with Crippen LogP contribution in [0.15, 0.2) is 12.2 Å². The summed E-state index contributed by atoms with van der Waals surface area (Å²) in [5.74, 6) is -0.766. The first-order chi connectivity index (χ1) is 8.92. The number of hydrogen-bond donors (Lipinski definition) is 0. The van der Waals surface area contributed by atoms with Gasteiger partial charge in [-0.15, -0.1) is 0 Å². The van der Waals surface area contributed by atoms with E-state index in [1.54, 1.807) is 6.92 Å². The predicted molar refractivity (Wildman–Crippen MR) is 67.4 cm³/mol. The number of carbonyl (C=O) groups is 2. The summed E-state index contributed by atoms with van der Waals surface area (Å²) in [4.78, 5) is 22.9. The monoisotopic (exact) mass is 268 g/mol. The van der Waals surface area contributed by atoms with Gasteiger partial charge in [0.05, 0.1) is 17.6 Å². The van der Waals surface area contributed by atoms with Crippen molar-refractivity contribution in [1.29, 1.82) is 0 Å². The second-order valence-corrected chi connectivity index (χ2v) is 5.47. The summed E-state index contributed by atoms with van der Waals surface area (Å²) < 4.78 is 15.5. The molecule has 106 valence electrons. The average molecular weight is 268 g/mol. The molecule has 0 N–H and O–H groups in total. The molecule has 2 fully saturated rings. The minimum absolute atomic E-state index is 0.00774. The van der Waals surface area contributed by atoms with E-state index in [0.29, 0.717) is 5.57 Å². The molecule has 0 radical (unpaired) electrons. The molecular formula is C14H20O5. The molecule has 2 aliphatic rings. The SMILES string of the molecule is C=C(C)C(=O)OCCOC(=O)C1CCC2(C)OC2C1. The molecule has 1 aliphatic heterocycles. The van der Waals surface area contributed by atoms with Crippen LogP contribution in [0.3, 0.4) is 0 Å². The van der Waals surface area contributed by atoms with E-state index < -0.39 is 5.97 Å². The Morgan fingerprint density at radius 1 is 1.37 bits per heavy atom. The van der Waals surface area contributed by atoms with Gasteiger partial charge in [-0.2, -0.15) is 0 Å². The van der Waals surface area contributed by atoms with Gasteiger partial charge in [0.25, 0.3) is 0 Å². The third-order valence-electron chi connectivity index (χ3n) is 3.77. The van der Waals surface area contributed by atoms with E-state index in [9.17, 15) is 9.59 Å². The van der Waals surface area contributed by atoms with Crippen LogP contribution in [0.2, 0.25) is 0 Å². The Morgan fingerprint density at radius 3 is 2.68 bits per heavy atom. The molecule has 5 nitrogen and oxygen atoms in total. The molecule has 0 bridgehead atoms. The fourth-order valence-electron chi connectivity index (χ4n) is 2.38. The molecule has 0 aromatic heterocycles.